The number of hydrogen-bond donors (Lipinski definition) is 2. The van der Waals surface area contributed by atoms with Gasteiger partial charge in [-0.2, -0.15) is 0 Å². The summed E-state index contributed by atoms with van der Waals surface area (Å²) in [5.74, 6) is -0.418. The first-order chi connectivity index (χ1) is 8.75. The van der Waals surface area contributed by atoms with Gasteiger partial charge in [0.05, 0.1) is 5.25 Å². The van der Waals surface area contributed by atoms with Crippen LogP contribution in [0.4, 0.5) is 10.1 Å². The number of benzene rings is 1. The molecule has 19 heavy (non-hydrogen) atoms. The van der Waals surface area contributed by atoms with Gasteiger partial charge in [0.25, 0.3) is 0 Å². The second-order valence-corrected chi connectivity index (χ2v) is 6.55. The van der Waals surface area contributed by atoms with E-state index in [1.807, 2.05) is 20.8 Å². The molecule has 0 aliphatic rings. The summed E-state index contributed by atoms with van der Waals surface area (Å²) in [6, 6.07) is 4.18. The van der Waals surface area contributed by atoms with E-state index in [0.717, 1.165) is 6.42 Å². The lowest BCUT2D eigenvalue weighted by Gasteiger charge is -2.26. The average Bonchev–Trinajstić information content (AvgIpc) is 2.33. The summed E-state index contributed by atoms with van der Waals surface area (Å²) in [7, 11) is 0. The van der Waals surface area contributed by atoms with Crippen molar-refractivity contribution in [3.63, 3.8) is 0 Å². The monoisotopic (exact) mass is 284 g/mol. The Morgan fingerprint density at radius 2 is 2.16 bits per heavy atom. The third-order valence-electron chi connectivity index (χ3n) is 2.99. The lowest BCUT2D eigenvalue weighted by atomic mass is 10.0. The summed E-state index contributed by atoms with van der Waals surface area (Å²) in [5, 5.41) is 2.64. The van der Waals surface area contributed by atoms with Gasteiger partial charge >= 0.3 is 0 Å². The van der Waals surface area contributed by atoms with Crippen molar-refractivity contribution in [2.45, 2.75) is 49.8 Å². The molecule has 1 atom stereocenters. The number of nitrogen functional groups attached to an aromatic ring is 1. The Bertz CT molecular complexity index is 463. The minimum Gasteiger partial charge on any atom is -0.398 e. The highest BCUT2D eigenvalue weighted by Crippen LogP contribution is 2.29. The van der Waals surface area contributed by atoms with E-state index in [1.165, 1.54) is 30.0 Å². The third kappa shape index (κ3) is 4.74. The van der Waals surface area contributed by atoms with Crippen LogP contribution in [0, 0.1) is 5.82 Å². The van der Waals surface area contributed by atoms with Gasteiger partial charge in [-0.1, -0.05) is 6.92 Å². The highest BCUT2D eigenvalue weighted by atomic mass is 32.2. The molecule has 1 aromatic rings. The molecule has 0 aliphatic heterocycles. The van der Waals surface area contributed by atoms with Crippen molar-refractivity contribution < 1.29 is 9.18 Å². The summed E-state index contributed by atoms with van der Waals surface area (Å²) < 4.78 is 13.2. The molecule has 0 bridgehead atoms. The Hall–Kier alpha value is -1.23. The van der Waals surface area contributed by atoms with Crippen LogP contribution in [0.25, 0.3) is 0 Å². The number of thioether (sulfide) groups is 1. The van der Waals surface area contributed by atoms with Gasteiger partial charge in [-0.05, 0) is 45.4 Å². The number of rotatable bonds is 5. The van der Waals surface area contributed by atoms with E-state index in [2.05, 4.69) is 5.32 Å². The van der Waals surface area contributed by atoms with Crippen LogP contribution in [0.2, 0.25) is 0 Å². The van der Waals surface area contributed by atoms with E-state index in [4.69, 9.17) is 5.73 Å². The highest BCUT2D eigenvalue weighted by molar-refractivity contribution is 8.00. The number of amides is 1. The largest absolute Gasteiger partial charge is 0.398 e. The minimum atomic E-state index is -0.349. The van der Waals surface area contributed by atoms with E-state index in [9.17, 15) is 9.18 Å². The van der Waals surface area contributed by atoms with Gasteiger partial charge in [0, 0.05) is 16.1 Å². The first kappa shape index (κ1) is 15.8. The second kappa shape index (κ2) is 6.28. The molecule has 1 amide bonds. The Kier molecular flexibility index (Phi) is 5.23. The topological polar surface area (TPSA) is 55.1 Å². The Morgan fingerprint density at radius 3 is 2.74 bits per heavy atom. The summed E-state index contributed by atoms with van der Waals surface area (Å²) in [4.78, 5) is 12.6. The van der Waals surface area contributed by atoms with Crippen molar-refractivity contribution in [3.05, 3.63) is 24.0 Å². The van der Waals surface area contributed by atoms with E-state index in [0.29, 0.717) is 10.6 Å². The Labute approximate surface area is 118 Å². The first-order valence-corrected chi connectivity index (χ1v) is 7.17. The molecular formula is C14H21FN2OS. The molecule has 0 saturated carbocycles. The summed E-state index contributed by atoms with van der Waals surface area (Å²) in [5.41, 5.74) is 6.02. The van der Waals surface area contributed by atoms with Crippen molar-refractivity contribution in [3.8, 4) is 0 Å². The van der Waals surface area contributed by atoms with Crippen LogP contribution >= 0.6 is 11.8 Å². The molecule has 0 fully saturated rings. The molecular weight excluding hydrogens is 263 g/mol. The number of halogens is 1. The number of anilines is 1. The maximum atomic E-state index is 13.2. The SMILES string of the molecule is CCC(C)(C)NC(=O)C(C)Sc1cc(F)ccc1N. The number of hydrogen-bond acceptors (Lipinski definition) is 3. The van der Waals surface area contributed by atoms with E-state index in [1.54, 1.807) is 6.92 Å². The second-order valence-electron chi connectivity index (χ2n) is 5.17. The fraction of sp³-hybridized carbons (Fsp3) is 0.500. The molecule has 5 heteroatoms. The van der Waals surface area contributed by atoms with Crippen molar-refractivity contribution in [2.75, 3.05) is 5.73 Å². The van der Waals surface area contributed by atoms with Gasteiger partial charge < -0.3 is 11.1 Å². The molecule has 3 nitrogen and oxygen atoms in total. The van der Waals surface area contributed by atoms with E-state index in [-0.39, 0.29) is 22.5 Å². The lowest BCUT2D eigenvalue weighted by molar-refractivity contribution is -0.121. The van der Waals surface area contributed by atoms with Gasteiger partial charge in [-0.3, -0.25) is 4.79 Å². The van der Waals surface area contributed by atoms with Gasteiger partial charge in [-0.25, -0.2) is 4.39 Å². The standard InChI is InChI=1S/C14H21FN2OS/c1-5-14(3,4)17-13(18)9(2)19-12-8-10(15)6-7-11(12)16/h6-9H,5,16H2,1-4H3,(H,17,18). The van der Waals surface area contributed by atoms with Crippen LogP contribution in [-0.2, 0) is 4.79 Å². The zero-order chi connectivity index (χ0) is 14.6. The molecule has 0 spiro atoms. The van der Waals surface area contributed by atoms with E-state index >= 15 is 0 Å². The molecule has 1 unspecified atom stereocenters. The summed E-state index contributed by atoms with van der Waals surface area (Å²) in [6.07, 6.45) is 0.845. The number of carbonyl (C=O) groups excluding carboxylic acids is 1. The summed E-state index contributed by atoms with van der Waals surface area (Å²) in [6.45, 7) is 7.75. The quantitative estimate of drug-likeness (QED) is 0.645. The molecule has 1 rings (SSSR count). The first-order valence-electron chi connectivity index (χ1n) is 6.29. The van der Waals surface area contributed by atoms with Gasteiger partial charge in [0.15, 0.2) is 0 Å². The van der Waals surface area contributed by atoms with Gasteiger partial charge in [0.1, 0.15) is 5.82 Å². The molecule has 106 valence electrons. The molecule has 0 heterocycles. The number of nitrogens with one attached hydrogen (secondary N) is 1. The van der Waals surface area contributed by atoms with Crippen molar-refractivity contribution in [1.82, 2.24) is 5.32 Å². The molecule has 3 N–H and O–H groups in total. The van der Waals surface area contributed by atoms with Gasteiger partial charge in [0.2, 0.25) is 5.91 Å². The zero-order valence-corrected chi connectivity index (χ0v) is 12.6. The van der Waals surface area contributed by atoms with Crippen LogP contribution in [0.1, 0.15) is 34.1 Å². The van der Waals surface area contributed by atoms with Crippen LogP contribution in [0.15, 0.2) is 23.1 Å². The van der Waals surface area contributed by atoms with Crippen molar-refractivity contribution in [2.24, 2.45) is 0 Å². The number of nitrogens with two attached hydrogens (primary N) is 1. The highest BCUT2D eigenvalue weighted by Gasteiger charge is 2.22. The number of carbonyl (C=O) groups is 1. The van der Waals surface area contributed by atoms with Gasteiger partial charge in [-0.15, -0.1) is 11.8 Å². The van der Waals surface area contributed by atoms with Crippen LogP contribution in [0.3, 0.4) is 0 Å². The smallest absolute Gasteiger partial charge is 0.233 e. The predicted octanol–water partition coefficient (Wildman–Crippen LogP) is 3.19. The Morgan fingerprint density at radius 1 is 1.53 bits per heavy atom. The average molecular weight is 284 g/mol. The molecule has 0 radical (unpaired) electrons. The normalized spacial score (nSPS) is 13.1. The maximum absolute atomic E-state index is 13.2. The predicted molar refractivity (Wildman–Crippen MR) is 78.6 cm³/mol. The fourth-order valence-corrected chi connectivity index (χ4v) is 2.31. The zero-order valence-electron chi connectivity index (χ0n) is 11.8. The Balaban J connectivity index is 2.71. The lowest BCUT2D eigenvalue weighted by Crippen LogP contribution is -2.46. The van der Waals surface area contributed by atoms with Crippen molar-refractivity contribution >= 4 is 23.4 Å². The fourth-order valence-electron chi connectivity index (χ4n) is 1.38. The van der Waals surface area contributed by atoms with E-state index < -0.39 is 0 Å². The maximum Gasteiger partial charge on any atom is 0.233 e. The molecule has 0 aromatic heterocycles. The molecule has 0 aliphatic carbocycles. The third-order valence-corrected chi connectivity index (χ3v) is 4.17. The minimum absolute atomic E-state index is 0.0690. The van der Waals surface area contributed by atoms with Crippen LogP contribution in [0.5, 0.6) is 0 Å². The van der Waals surface area contributed by atoms with Crippen molar-refractivity contribution in [1.29, 1.82) is 0 Å². The van der Waals surface area contributed by atoms with Crippen LogP contribution < -0.4 is 11.1 Å². The summed E-state index contributed by atoms with van der Waals surface area (Å²) >= 11 is 1.27. The molecule has 1 aromatic carbocycles. The van der Waals surface area contributed by atoms with Crippen LogP contribution in [-0.4, -0.2) is 16.7 Å². The molecule has 0 saturated heterocycles.